The summed E-state index contributed by atoms with van der Waals surface area (Å²) in [6, 6.07) is 3.91. The lowest BCUT2D eigenvalue weighted by Crippen LogP contribution is -2.17. The average Bonchev–Trinajstić information content (AvgIpc) is 2.26. The van der Waals surface area contributed by atoms with E-state index in [0.29, 0.717) is 5.56 Å². The maximum Gasteiger partial charge on any atom is 0.339 e. The molecule has 7 nitrogen and oxygen atoms in total. The summed E-state index contributed by atoms with van der Waals surface area (Å²) in [4.78, 5) is 10.8. The molecule has 0 unspecified atom stereocenters. The minimum absolute atomic E-state index is 0.0142. The third-order valence-corrected chi connectivity index (χ3v) is 2.07. The Kier molecular flexibility index (Phi) is 3.66. The topological polar surface area (TPSA) is 146 Å². The van der Waals surface area contributed by atoms with E-state index < -0.39 is 5.97 Å². The molecular formula is C10H12N4O3. The molecule has 0 aliphatic rings. The molecule has 1 aromatic carbocycles. The number of hydrogen-bond acceptors (Lipinski definition) is 5. The minimum Gasteiger partial charge on any atom is -0.507 e. The number of aromatic carboxylic acids is 1. The number of amidine groups is 1. The molecule has 0 amide bonds. The van der Waals surface area contributed by atoms with Crippen LogP contribution in [0.5, 0.6) is 5.75 Å². The summed E-state index contributed by atoms with van der Waals surface area (Å²) < 4.78 is 0. The summed E-state index contributed by atoms with van der Waals surface area (Å²) in [5.74, 6) is 3.40. The van der Waals surface area contributed by atoms with Crippen LogP contribution in [-0.4, -0.2) is 27.7 Å². The number of rotatable bonds is 4. The Morgan fingerprint density at radius 3 is 2.59 bits per heavy atom. The molecule has 0 fully saturated rings. The first kappa shape index (κ1) is 12.5. The molecule has 1 rings (SSSR count). The van der Waals surface area contributed by atoms with Crippen molar-refractivity contribution in [1.82, 2.24) is 0 Å². The van der Waals surface area contributed by atoms with E-state index in [1.165, 1.54) is 18.2 Å². The Bertz CT molecular complexity index is 496. The molecule has 0 saturated heterocycles. The highest BCUT2D eigenvalue weighted by Gasteiger charge is 2.13. The van der Waals surface area contributed by atoms with Crippen LogP contribution in [0.4, 0.5) is 0 Å². The first-order valence-corrected chi connectivity index (χ1v) is 4.62. The summed E-state index contributed by atoms with van der Waals surface area (Å²) in [6.45, 7) is 0. The predicted molar refractivity (Wildman–Crippen MR) is 62.3 cm³/mol. The number of carboxylic acid groups (broad SMARTS) is 1. The van der Waals surface area contributed by atoms with Crippen molar-refractivity contribution in [3.05, 3.63) is 29.3 Å². The molecule has 0 radical (unpaired) electrons. The van der Waals surface area contributed by atoms with Crippen molar-refractivity contribution >= 4 is 17.5 Å². The van der Waals surface area contributed by atoms with E-state index in [1.54, 1.807) is 0 Å². The zero-order valence-corrected chi connectivity index (χ0v) is 8.84. The van der Waals surface area contributed by atoms with E-state index in [-0.39, 0.29) is 29.3 Å². The molecule has 0 saturated carbocycles. The molecule has 0 heterocycles. The van der Waals surface area contributed by atoms with Crippen molar-refractivity contribution in [2.45, 2.75) is 6.42 Å². The standard InChI is InChI=1S/C10H12N4O3/c11-9(12)4-7(14-13)5-1-2-8(15)6(3-5)10(16)17/h1-3,15H,4,13H2,(H3,11,12)(H,16,17). The zero-order valence-electron chi connectivity index (χ0n) is 8.84. The molecule has 0 atom stereocenters. The second-order valence-corrected chi connectivity index (χ2v) is 3.31. The van der Waals surface area contributed by atoms with Gasteiger partial charge in [-0.25, -0.2) is 4.79 Å². The van der Waals surface area contributed by atoms with Crippen LogP contribution >= 0.6 is 0 Å². The van der Waals surface area contributed by atoms with E-state index in [4.69, 9.17) is 22.1 Å². The second-order valence-electron chi connectivity index (χ2n) is 3.31. The Morgan fingerprint density at radius 1 is 1.47 bits per heavy atom. The predicted octanol–water partition coefficient (Wildman–Crippen LogP) is 0.0793. The Labute approximate surface area is 96.9 Å². The second kappa shape index (κ2) is 4.97. The molecule has 0 aliphatic heterocycles. The Hall–Kier alpha value is -2.57. The summed E-state index contributed by atoms with van der Waals surface area (Å²) >= 11 is 0. The van der Waals surface area contributed by atoms with Gasteiger partial charge in [0.05, 0.1) is 11.5 Å². The molecule has 17 heavy (non-hydrogen) atoms. The number of carboxylic acids is 1. The highest BCUT2D eigenvalue weighted by molar-refractivity contribution is 6.11. The van der Waals surface area contributed by atoms with Gasteiger partial charge in [0.15, 0.2) is 0 Å². The SMILES string of the molecule is N=C(N)CC(=NN)c1ccc(O)c(C(=O)O)c1. The number of nitrogens with two attached hydrogens (primary N) is 2. The quantitative estimate of drug-likeness (QED) is 0.217. The molecule has 7 heteroatoms. The lowest BCUT2D eigenvalue weighted by atomic mass is 10.0. The van der Waals surface area contributed by atoms with Gasteiger partial charge < -0.3 is 21.8 Å². The molecule has 7 N–H and O–H groups in total. The van der Waals surface area contributed by atoms with Gasteiger partial charge in [-0.2, -0.15) is 5.10 Å². The molecule has 0 bridgehead atoms. The van der Waals surface area contributed by atoms with Crippen LogP contribution in [0.1, 0.15) is 22.3 Å². The van der Waals surface area contributed by atoms with Crippen LogP contribution in [-0.2, 0) is 0 Å². The van der Waals surface area contributed by atoms with Crippen molar-refractivity contribution in [3.63, 3.8) is 0 Å². The first-order valence-electron chi connectivity index (χ1n) is 4.62. The number of hydrazone groups is 1. The molecule has 90 valence electrons. The lowest BCUT2D eigenvalue weighted by molar-refractivity contribution is 0.0693. The zero-order chi connectivity index (χ0) is 13.0. The van der Waals surface area contributed by atoms with Crippen LogP contribution < -0.4 is 11.6 Å². The molecule has 0 spiro atoms. The fraction of sp³-hybridized carbons (Fsp3) is 0.100. The van der Waals surface area contributed by atoms with Gasteiger partial charge >= 0.3 is 5.97 Å². The van der Waals surface area contributed by atoms with Gasteiger partial charge in [-0.05, 0) is 23.8 Å². The number of benzene rings is 1. The van der Waals surface area contributed by atoms with Gasteiger partial charge in [-0.3, -0.25) is 5.41 Å². The highest BCUT2D eigenvalue weighted by atomic mass is 16.4. The van der Waals surface area contributed by atoms with Crippen LogP contribution in [0.25, 0.3) is 0 Å². The summed E-state index contributed by atoms with van der Waals surface area (Å²) in [5, 5.41) is 28.7. The van der Waals surface area contributed by atoms with Crippen molar-refractivity contribution in [2.75, 3.05) is 0 Å². The monoisotopic (exact) mass is 236 g/mol. The molecule has 0 aromatic heterocycles. The van der Waals surface area contributed by atoms with Gasteiger partial charge in [0.1, 0.15) is 11.3 Å². The van der Waals surface area contributed by atoms with Crippen molar-refractivity contribution in [3.8, 4) is 5.75 Å². The van der Waals surface area contributed by atoms with E-state index in [1.807, 2.05) is 0 Å². The Balaban J connectivity index is 3.18. The number of hydrogen-bond donors (Lipinski definition) is 5. The maximum atomic E-state index is 10.8. The number of nitrogens with one attached hydrogen (secondary N) is 1. The summed E-state index contributed by atoms with van der Waals surface area (Å²) in [6.07, 6.45) is 0.0142. The number of aromatic hydroxyl groups is 1. The normalized spacial score (nSPS) is 11.2. The van der Waals surface area contributed by atoms with Crippen molar-refractivity contribution in [2.24, 2.45) is 16.7 Å². The van der Waals surface area contributed by atoms with Gasteiger partial charge in [-0.15, -0.1) is 0 Å². The summed E-state index contributed by atoms with van der Waals surface area (Å²) in [5.41, 5.74) is 5.64. The van der Waals surface area contributed by atoms with Gasteiger partial charge in [0.2, 0.25) is 0 Å². The fourth-order valence-electron chi connectivity index (χ4n) is 1.29. The van der Waals surface area contributed by atoms with Crippen LogP contribution in [0, 0.1) is 5.41 Å². The summed E-state index contributed by atoms with van der Waals surface area (Å²) in [7, 11) is 0. The number of carbonyl (C=O) groups is 1. The largest absolute Gasteiger partial charge is 0.507 e. The molecule has 1 aromatic rings. The smallest absolute Gasteiger partial charge is 0.339 e. The van der Waals surface area contributed by atoms with Gasteiger partial charge in [-0.1, -0.05) is 0 Å². The van der Waals surface area contributed by atoms with E-state index in [9.17, 15) is 9.90 Å². The minimum atomic E-state index is -1.26. The van der Waals surface area contributed by atoms with E-state index >= 15 is 0 Å². The lowest BCUT2D eigenvalue weighted by Gasteiger charge is -2.06. The van der Waals surface area contributed by atoms with Crippen LogP contribution in [0.15, 0.2) is 23.3 Å². The maximum absolute atomic E-state index is 10.8. The van der Waals surface area contributed by atoms with E-state index in [0.717, 1.165) is 0 Å². The highest BCUT2D eigenvalue weighted by Crippen LogP contribution is 2.19. The van der Waals surface area contributed by atoms with Gasteiger partial charge in [0.25, 0.3) is 0 Å². The third-order valence-electron chi connectivity index (χ3n) is 2.07. The number of phenols is 1. The van der Waals surface area contributed by atoms with Crippen molar-refractivity contribution < 1.29 is 15.0 Å². The van der Waals surface area contributed by atoms with E-state index in [2.05, 4.69) is 5.10 Å². The van der Waals surface area contributed by atoms with Gasteiger partial charge in [0, 0.05) is 6.42 Å². The average molecular weight is 236 g/mol. The Morgan fingerprint density at radius 2 is 2.12 bits per heavy atom. The third kappa shape index (κ3) is 2.94. The first-order chi connectivity index (χ1) is 7.95. The molecule has 0 aliphatic carbocycles. The molecular weight excluding hydrogens is 224 g/mol. The van der Waals surface area contributed by atoms with Crippen LogP contribution in [0.2, 0.25) is 0 Å². The number of nitrogens with zero attached hydrogens (tertiary/aromatic N) is 1. The van der Waals surface area contributed by atoms with Crippen LogP contribution in [0.3, 0.4) is 0 Å². The van der Waals surface area contributed by atoms with Crippen molar-refractivity contribution in [1.29, 1.82) is 5.41 Å². The fourth-order valence-corrected chi connectivity index (χ4v) is 1.29.